The number of hydrogen-bond acceptors (Lipinski definition) is 4. The third kappa shape index (κ3) is 5.05. The van der Waals surface area contributed by atoms with Gasteiger partial charge >= 0.3 is 0 Å². The zero-order valence-corrected chi connectivity index (χ0v) is 16.3. The number of carbonyl (C=O) groups is 1. The number of anilines is 1. The number of para-hydroxylation sites is 2. The van der Waals surface area contributed by atoms with Crippen molar-refractivity contribution in [1.82, 2.24) is 9.78 Å². The molecular weight excluding hydrogens is 378 g/mol. The third-order valence-corrected chi connectivity index (χ3v) is 4.37. The van der Waals surface area contributed by atoms with Gasteiger partial charge in [0.25, 0.3) is 5.91 Å². The van der Waals surface area contributed by atoms with Crippen LogP contribution >= 0.6 is 0 Å². The maximum Gasteiger partial charge on any atom is 0.262 e. The molecule has 0 aliphatic heterocycles. The molecule has 0 unspecified atom stereocenters. The van der Waals surface area contributed by atoms with Crippen LogP contribution in [0.15, 0.2) is 97.3 Å². The van der Waals surface area contributed by atoms with E-state index in [1.165, 1.54) is 0 Å². The first-order valence-electron chi connectivity index (χ1n) is 9.56. The summed E-state index contributed by atoms with van der Waals surface area (Å²) in [5, 5.41) is 7.08. The minimum absolute atomic E-state index is 0.0995. The van der Waals surface area contributed by atoms with E-state index in [0.29, 0.717) is 18.0 Å². The average Bonchev–Trinajstić information content (AvgIpc) is 3.33. The summed E-state index contributed by atoms with van der Waals surface area (Å²) in [4.78, 5) is 12.3. The number of nitrogens with one attached hydrogen (secondary N) is 1. The van der Waals surface area contributed by atoms with Crippen LogP contribution in [0, 0.1) is 0 Å². The molecule has 0 fully saturated rings. The van der Waals surface area contributed by atoms with Crippen molar-refractivity contribution in [2.24, 2.45) is 0 Å². The first-order chi connectivity index (χ1) is 14.8. The molecule has 0 aliphatic carbocycles. The SMILES string of the molecule is O=C(COc1ccc(OCc2ccccc2)cc1)Nc1ccccc1-n1cccn1. The third-order valence-electron chi connectivity index (χ3n) is 4.37. The lowest BCUT2D eigenvalue weighted by Gasteiger charge is -2.12. The average molecular weight is 399 g/mol. The van der Waals surface area contributed by atoms with Crippen LogP contribution in [0.5, 0.6) is 11.5 Å². The highest BCUT2D eigenvalue weighted by atomic mass is 16.5. The number of benzene rings is 3. The van der Waals surface area contributed by atoms with Crippen LogP contribution in [0.25, 0.3) is 5.69 Å². The van der Waals surface area contributed by atoms with E-state index in [1.54, 1.807) is 23.0 Å². The largest absolute Gasteiger partial charge is 0.489 e. The molecule has 0 radical (unpaired) electrons. The summed E-state index contributed by atoms with van der Waals surface area (Å²) in [5.74, 6) is 1.08. The van der Waals surface area contributed by atoms with E-state index < -0.39 is 0 Å². The van der Waals surface area contributed by atoms with Gasteiger partial charge in [0.15, 0.2) is 6.61 Å². The first kappa shape index (κ1) is 19.3. The molecule has 3 aromatic carbocycles. The Morgan fingerprint density at radius 3 is 2.27 bits per heavy atom. The Bertz CT molecular complexity index is 1080. The van der Waals surface area contributed by atoms with Crippen molar-refractivity contribution in [3.8, 4) is 17.2 Å². The molecule has 1 N–H and O–H groups in total. The molecule has 0 saturated heterocycles. The summed E-state index contributed by atoms with van der Waals surface area (Å²) in [7, 11) is 0. The van der Waals surface area contributed by atoms with Gasteiger partial charge in [0.2, 0.25) is 0 Å². The molecule has 0 spiro atoms. The van der Waals surface area contributed by atoms with Crippen molar-refractivity contribution in [3.63, 3.8) is 0 Å². The fourth-order valence-corrected chi connectivity index (χ4v) is 2.90. The van der Waals surface area contributed by atoms with Crippen LogP contribution in [-0.4, -0.2) is 22.3 Å². The summed E-state index contributed by atoms with van der Waals surface area (Å²) in [6, 6.07) is 26.5. The van der Waals surface area contributed by atoms with Crippen LogP contribution in [0.2, 0.25) is 0 Å². The zero-order chi connectivity index (χ0) is 20.6. The number of rotatable bonds is 8. The molecule has 4 aromatic rings. The van der Waals surface area contributed by atoms with Crippen LogP contribution in [0.4, 0.5) is 5.69 Å². The van der Waals surface area contributed by atoms with Crippen molar-refractivity contribution in [2.45, 2.75) is 6.61 Å². The molecule has 4 rings (SSSR count). The quantitative estimate of drug-likeness (QED) is 0.475. The number of nitrogens with zero attached hydrogens (tertiary/aromatic N) is 2. The normalized spacial score (nSPS) is 10.4. The zero-order valence-electron chi connectivity index (χ0n) is 16.3. The predicted octanol–water partition coefficient (Wildman–Crippen LogP) is 4.47. The number of hydrogen-bond donors (Lipinski definition) is 1. The Kier molecular flexibility index (Phi) is 6.05. The Morgan fingerprint density at radius 2 is 1.53 bits per heavy atom. The van der Waals surface area contributed by atoms with Gasteiger partial charge in [0.05, 0.1) is 11.4 Å². The molecule has 1 heterocycles. The highest BCUT2D eigenvalue weighted by Crippen LogP contribution is 2.20. The molecule has 30 heavy (non-hydrogen) atoms. The predicted molar refractivity (Wildman–Crippen MR) is 115 cm³/mol. The van der Waals surface area contributed by atoms with Crippen molar-refractivity contribution in [1.29, 1.82) is 0 Å². The van der Waals surface area contributed by atoms with Gasteiger partial charge in [-0.3, -0.25) is 4.79 Å². The maximum atomic E-state index is 12.3. The van der Waals surface area contributed by atoms with E-state index in [-0.39, 0.29) is 12.5 Å². The van der Waals surface area contributed by atoms with E-state index in [9.17, 15) is 4.79 Å². The van der Waals surface area contributed by atoms with Gasteiger partial charge in [-0.1, -0.05) is 42.5 Å². The van der Waals surface area contributed by atoms with Gasteiger partial charge in [-0.2, -0.15) is 5.10 Å². The van der Waals surface area contributed by atoms with Gasteiger partial charge in [-0.05, 0) is 48.0 Å². The van der Waals surface area contributed by atoms with Gasteiger partial charge in [-0.25, -0.2) is 4.68 Å². The lowest BCUT2D eigenvalue weighted by atomic mass is 10.2. The molecular formula is C24H21N3O3. The van der Waals surface area contributed by atoms with Crippen molar-refractivity contribution in [3.05, 3.63) is 103 Å². The molecule has 1 aromatic heterocycles. The molecule has 6 nitrogen and oxygen atoms in total. The molecule has 150 valence electrons. The van der Waals surface area contributed by atoms with Gasteiger partial charge in [0, 0.05) is 12.4 Å². The lowest BCUT2D eigenvalue weighted by Crippen LogP contribution is -2.21. The second-order valence-electron chi connectivity index (χ2n) is 6.55. The van der Waals surface area contributed by atoms with Crippen LogP contribution in [0.3, 0.4) is 0 Å². The first-order valence-corrected chi connectivity index (χ1v) is 9.56. The number of ether oxygens (including phenoxy) is 2. The van der Waals surface area contributed by atoms with Crippen molar-refractivity contribution < 1.29 is 14.3 Å². The van der Waals surface area contributed by atoms with Crippen LogP contribution in [-0.2, 0) is 11.4 Å². The second kappa shape index (κ2) is 9.43. The number of carbonyl (C=O) groups excluding carboxylic acids is 1. The van der Waals surface area contributed by atoms with Crippen molar-refractivity contribution >= 4 is 11.6 Å². The minimum atomic E-state index is -0.251. The Hall–Kier alpha value is -4.06. The van der Waals surface area contributed by atoms with Crippen molar-refractivity contribution in [2.75, 3.05) is 11.9 Å². The molecule has 0 bridgehead atoms. The Labute approximate surface area is 174 Å². The summed E-state index contributed by atoms with van der Waals surface area (Å²) < 4.78 is 13.1. The van der Waals surface area contributed by atoms with Crippen LogP contribution < -0.4 is 14.8 Å². The Morgan fingerprint density at radius 1 is 0.833 bits per heavy atom. The molecule has 0 atom stereocenters. The molecule has 1 amide bonds. The van der Waals surface area contributed by atoms with Crippen LogP contribution in [0.1, 0.15) is 5.56 Å². The summed E-state index contributed by atoms with van der Waals surface area (Å²) in [6.45, 7) is 0.400. The minimum Gasteiger partial charge on any atom is -0.489 e. The molecule has 0 aliphatic rings. The van der Waals surface area contributed by atoms with Gasteiger partial charge in [0.1, 0.15) is 18.1 Å². The lowest BCUT2D eigenvalue weighted by molar-refractivity contribution is -0.118. The van der Waals surface area contributed by atoms with Gasteiger partial charge in [-0.15, -0.1) is 0 Å². The van der Waals surface area contributed by atoms with E-state index >= 15 is 0 Å². The summed E-state index contributed by atoms with van der Waals surface area (Å²) >= 11 is 0. The highest BCUT2D eigenvalue weighted by Gasteiger charge is 2.09. The topological polar surface area (TPSA) is 65.4 Å². The summed E-state index contributed by atoms with van der Waals surface area (Å²) in [5.41, 5.74) is 2.56. The maximum absolute atomic E-state index is 12.3. The Balaban J connectivity index is 1.29. The fourth-order valence-electron chi connectivity index (χ4n) is 2.90. The van der Waals surface area contributed by atoms with E-state index in [1.807, 2.05) is 79.0 Å². The monoisotopic (exact) mass is 399 g/mol. The smallest absolute Gasteiger partial charge is 0.262 e. The number of aromatic nitrogens is 2. The highest BCUT2D eigenvalue weighted by molar-refractivity contribution is 5.93. The molecule has 6 heteroatoms. The molecule has 0 saturated carbocycles. The number of amides is 1. The van der Waals surface area contributed by atoms with E-state index in [0.717, 1.165) is 17.0 Å². The fraction of sp³-hybridized carbons (Fsp3) is 0.0833. The summed E-state index contributed by atoms with van der Waals surface area (Å²) in [6.07, 6.45) is 3.51. The van der Waals surface area contributed by atoms with E-state index in [4.69, 9.17) is 9.47 Å². The van der Waals surface area contributed by atoms with Gasteiger partial charge < -0.3 is 14.8 Å². The second-order valence-corrected chi connectivity index (χ2v) is 6.55. The van der Waals surface area contributed by atoms with E-state index in [2.05, 4.69) is 10.4 Å². The standard InChI is InChI=1S/C24H21N3O3/c28-24(26-22-9-4-5-10-23(22)27-16-6-15-25-27)18-30-21-13-11-20(12-14-21)29-17-19-7-2-1-3-8-19/h1-16H,17-18H2,(H,26,28).